The van der Waals surface area contributed by atoms with Gasteiger partial charge in [-0.3, -0.25) is 48.1 Å². The molecular formula is C65H99N11O14. The minimum Gasteiger partial charge on any atom is -0.445 e. The van der Waals surface area contributed by atoms with E-state index in [1.807, 2.05) is 65.0 Å². The van der Waals surface area contributed by atoms with E-state index < -0.39 is 78.7 Å². The third kappa shape index (κ3) is 23.1. The molecule has 2 aliphatic rings. The van der Waals surface area contributed by atoms with E-state index in [2.05, 4.69) is 31.9 Å². The van der Waals surface area contributed by atoms with Crippen LogP contribution in [-0.2, 0) is 70.4 Å². The van der Waals surface area contributed by atoms with E-state index in [4.69, 9.17) is 19.9 Å². The molecule has 1 unspecified atom stereocenters. The van der Waals surface area contributed by atoms with E-state index in [1.165, 1.54) is 26.3 Å². The van der Waals surface area contributed by atoms with Gasteiger partial charge in [0.1, 0.15) is 31.3 Å². The Kier molecular flexibility index (Phi) is 31.4. The molecule has 90 heavy (non-hydrogen) atoms. The molecule has 498 valence electrons. The maximum atomic E-state index is 14.7. The van der Waals surface area contributed by atoms with Gasteiger partial charge in [0, 0.05) is 78.8 Å². The molecule has 25 nitrogen and oxygen atoms in total. The number of unbranched alkanes of at least 4 members (excludes halogenated alkanes) is 2. The smallest absolute Gasteiger partial charge is 0.410 e. The van der Waals surface area contributed by atoms with Crippen LogP contribution in [0.4, 0.5) is 15.3 Å². The summed E-state index contributed by atoms with van der Waals surface area (Å²) in [6.45, 7) is 13.7. The van der Waals surface area contributed by atoms with Crippen LogP contribution in [0.3, 0.4) is 0 Å². The highest BCUT2D eigenvalue weighted by Gasteiger charge is 2.43. The summed E-state index contributed by atoms with van der Waals surface area (Å²) in [6, 6.07) is 11.5. The summed E-state index contributed by atoms with van der Waals surface area (Å²) >= 11 is 0. The van der Waals surface area contributed by atoms with Gasteiger partial charge in [-0.15, -0.1) is 0 Å². The number of nitrogens with zero attached hydrogens (tertiary/aromatic N) is 4. The average molecular weight is 1260 g/mol. The van der Waals surface area contributed by atoms with Crippen LogP contribution >= 0.6 is 0 Å². The van der Waals surface area contributed by atoms with Crippen molar-refractivity contribution < 1.29 is 67.0 Å². The number of carbonyl (C=O) groups excluding carboxylic acids is 11. The lowest BCUT2D eigenvalue weighted by Gasteiger charge is -2.41. The van der Waals surface area contributed by atoms with Crippen molar-refractivity contribution in [3.63, 3.8) is 0 Å². The average Bonchev–Trinajstić information content (AvgIpc) is 2.23. The van der Waals surface area contributed by atoms with Crippen molar-refractivity contribution in [1.82, 2.24) is 46.2 Å². The predicted molar refractivity (Wildman–Crippen MR) is 338 cm³/mol. The maximum absolute atomic E-state index is 14.7. The quantitative estimate of drug-likeness (QED) is 0.0358. The van der Waals surface area contributed by atoms with Crippen molar-refractivity contribution in [3.8, 4) is 0 Å². The zero-order chi connectivity index (χ0) is 66.6. The first kappa shape index (κ1) is 74.5. The summed E-state index contributed by atoms with van der Waals surface area (Å²) < 4.78 is 17.6. The lowest BCUT2D eigenvalue weighted by molar-refractivity contribution is -0.147. The molecule has 25 heteroatoms. The van der Waals surface area contributed by atoms with Crippen LogP contribution in [0.25, 0.3) is 0 Å². The number of likely N-dealkylation sites (N-methyl/N-ethyl adjacent to an activating group) is 2. The standard InChI is InChI=1S/C65H99N11O14/c1-12-42(5)57(63(85)74(9)58(43(6)13-2)50(88-10)38-55(81)75-37-21-25-49(75)59(89-11)44(7)60(82)67-35-33-45-22-16-14-17-23-45)72-52(78)39-73(8)65(87)90-40-46-27-29-47(30-28-46)69-61(83)48(24-20-34-68-64(66)86)70-62(84)56(41(3)4)71-51(77)26-18-15-19-36-76-53(79)31-32-54(76)80/h14,16-17,22-23,27-32,41-44,48-50,56-59H,12-13,15,18-21,24-26,33-40H2,1-11H3,(H,67,82)(H,69,83)(H,70,84)(H,71,77)(H,72,78)(H3,66,68,86)/t42?,43-,44+,48-,49-,50+,56-,57-,58-,59+/m0/s1. The zero-order valence-corrected chi connectivity index (χ0v) is 54.5. The Morgan fingerprint density at radius 2 is 1.37 bits per heavy atom. The molecule has 2 heterocycles. The summed E-state index contributed by atoms with van der Waals surface area (Å²) in [5.41, 5.74) is 7.21. The number of likely N-dealkylation sites (tertiary alicyclic amines) is 1. The van der Waals surface area contributed by atoms with Gasteiger partial charge in [0.15, 0.2) is 0 Å². The number of ether oxygens (including phenoxy) is 3. The van der Waals surface area contributed by atoms with E-state index in [0.717, 1.165) is 21.8 Å². The molecular weight excluding hydrogens is 1160 g/mol. The van der Waals surface area contributed by atoms with Gasteiger partial charge in [-0.25, -0.2) is 9.59 Å². The van der Waals surface area contributed by atoms with Gasteiger partial charge >= 0.3 is 12.1 Å². The van der Waals surface area contributed by atoms with Gasteiger partial charge in [0.05, 0.1) is 36.6 Å². The number of carbonyl (C=O) groups is 11. The number of hydrogen-bond acceptors (Lipinski definition) is 14. The van der Waals surface area contributed by atoms with Gasteiger partial charge in [-0.05, 0) is 86.0 Å². The third-order valence-electron chi connectivity index (χ3n) is 16.9. The summed E-state index contributed by atoms with van der Waals surface area (Å²) in [7, 11) is 6.11. The molecule has 0 bridgehead atoms. The van der Waals surface area contributed by atoms with Gasteiger partial charge in [-0.1, -0.05) is 110 Å². The number of benzene rings is 2. The lowest BCUT2D eigenvalue weighted by atomic mass is 9.89. The molecule has 10 atom stereocenters. The number of urea groups is 1. The van der Waals surface area contributed by atoms with E-state index >= 15 is 0 Å². The van der Waals surface area contributed by atoms with Crippen molar-refractivity contribution in [3.05, 3.63) is 77.9 Å². The van der Waals surface area contributed by atoms with Crippen molar-refractivity contribution in [1.29, 1.82) is 0 Å². The highest BCUT2D eigenvalue weighted by molar-refractivity contribution is 6.12. The number of amides is 12. The number of imide groups is 1. The lowest BCUT2D eigenvalue weighted by Crippen LogP contribution is -2.58. The molecule has 0 aliphatic carbocycles. The second-order valence-electron chi connectivity index (χ2n) is 23.9. The summed E-state index contributed by atoms with van der Waals surface area (Å²) in [4.78, 5) is 150. The van der Waals surface area contributed by atoms with Gasteiger partial charge in [-0.2, -0.15) is 0 Å². The second-order valence-corrected chi connectivity index (χ2v) is 23.9. The topological polar surface area (TPSA) is 327 Å². The van der Waals surface area contributed by atoms with Crippen LogP contribution in [0.5, 0.6) is 0 Å². The van der Waals surface area contributed by atoms with Crippen LogP contribution in [0.2, 0.25) is 0 Å². The number of primary amides is 1. The Bertz CT molecular complexity index is 2730. The highest BCUT2D eigenvalue weighted by Crippen LogP contribution is 2.30. The molecule has 2 aromatic carbocycles. The molecule has 1 fully saturated rings. The first-order valence-electron chi connectivity index (χ1n) is 31.5. The molecule has 2 aliphatic heterocycles. The van der Waals surface area contributed by atoms with Crippen molar-refractivity contribution in [2.45, 2.75) is 175 Å². The Morgan fingerprint density at radius 3 is 1.98 bits per heavy atom. The second kappa shape index (κ2) is 37.9. The number of anilines is 1. The Balaban J connectivity index is 1.32. The monoisotopic (exact) mass is 1260 g/mol. The summed E-state index contributed by atoms with van der Waals surface area (Å²) in [5, 5.41) is 16.7. The van der Waals surface area contributed by atoms with Crippen molar-refractivity contribution in [2.75, 3.05) is 66.4 Å². The van der Waals surface area contributed by atoms with Crippen LogP contribution in [0.1, 0.15) is 130 Å². The number of rotatable bonds is 38. The normalized spacial score (nSPS) is 16.8. The first-order valence-corrected chi connectivity index (χ1v) is 31.5. The van der Waals surface area contributed by atoms with Gasteiger partial charge < -0.3 is 66.5 Å². The van der Waals surface area contributed by atoms with Crippen LogP contribution in [0.15, 0.2) is 66.7 Å². The fourth-order valence-electron chi connectivity index (χ4n) is 11.2. The SMILES string of the molecule is CCC(C)[C@H](NC(=O)CN(C)C(=O)OCc1ccc(NC(=O)[C@H](CCCNC(N)=O)NC(=O)[C@@H](NC(=O)CCCCCN2C(=O)C=CC2=O)C(C)C)cc1)C(=O)N(C)[C@@H]([C@@H](C)CC)[C@@H](CC(=O)N1CCC[C@H]1[C@H](OC)[C@@H](C)C(=O)NCCc1ccccc1)OC. The van der Waals surface area contributed by atoms with E-state index in [0.29, 0.717) is 69.3 Å². The summed E-state index contributed by atoms with van der Waals surface area (Å²) in [6.07, 6.45) is 5.46. The maximum Gasteiger partial charge on any atom is 0.410 e. The van der Waals surface area contributed by atoms with Gasteiger partial charge in [0.25, 0.3) is 11.8 Å². The third-order valence-corrected chi connectivity index (χ3v) is 16.9. The van der Waals surface area contributed by atoms with Crippen molar-refractivity contribution in [2.24, 2.45) is 29.4 Å². The first-order chi connectivity index (χ1) is 42.8. The highest BCUT2D eigenvalue weighted by atomic mass is 16.6. The molecule has 0 saturated carbocycles. The number of nitrogens with two attached hydrogens (primary N) is 1. The molecule has 2 aromatic rings. The Labute approximate surface area is 530 Å². The Morgan fingerprint density at radius 1 is 0.711 bits per heavy atom. The molecule has 12 amide bonds. The van der Waals surface area contributed by atoms with Gasteiger partial charge in [0.2, 0.25) is 41.4 Å². The van der Waals surface area contributed by atoms with Crippen LogP contribution in [0, 0.1) is 23.7 Å². The zero-order valence-electron chi connectivity index (χ0n) is 54.5. The molecule has 0 spiro atoms. The van der Waals surface area contributed by atoms with Crippen LogP contribution < -0.4 is 37.6 Å². The fraction of sp³-hybridized carbons (Fsp3) is 0.615. The van der Waals surface area contributed by atoms with Crippen molar-refractivity contribution >= 4 is 71.0 Å². The molecule has 0 radical (unpaired) electrons. The largest absolute Gasteiger partial charge is 0.445 e. The number of nitrogens with one attached hydrogen (secondary N) is 6. The van der Waals surface area contributed by atoms with Crippen LogP contribution in [-0.4, -0.2) is 188 Å². The predicted octanol–water partition coefficient (Wildman–Crippen LogP) is 4.56. The molecule has 0 aromatic heterocycles. The van der Waals surface area contributed by atoms with E-state index in [-0.39, 0.29) is 105 Å². The molecule has 8 N–H and O–H groups in total. The fourth-order valence-corrected chi connectivity index (χ4v) is 11.2. The molecule has 1 saturated heterocycles. The minimum atomic E-state index is -1.10. The number of hydrogen-bond donors (Lipinski definition) is 7. The number of methoxy groups -OCH3 is 2. The summed E-state index contributed by atoms with van der Waals surface area (Å²) in [5.74, 6) is -5.04. The van der Waals surface area contributed by atoms with E-state index in [1.54, 1.807) is 62.1 Å². The molecule has 4 rings (SSSR count). The minimum absolute atomic E-state index is 0.0478. The Hall–Kier alpha value is -7.93. The van der Waals surface area contributed by atoms with E-state index in [9.17, 15) is 52.7 Å².